The maximum atomic E-state index is 13.1. The number of nitrogens with zero attached hydrogens (tertiary/aromatic N) is 3. The van der Waals surface area contributed by atoms with E-state index in [0.29, 0.717) is 11.6 Å². The molecule has 1 unspecified atom stereocenters. The summed E-state index contributed by atoms with van der Waals surface area (Å²) >= 11 is 0. The number of amides is 1. The molecule has 1 aromatic heterocycles. The van der Waals surface area contributed by atoms with Gasteiger partial charge in [-0.2, -0.15) is 5.10 Å². The van der Waals surface area contributed by atoms with Gasteiger partial charge in [0.15, 0.2) is 0 Å². The summed E-state index contributed by atoms with van der Waals surface area (Å²) < 4.78 is 14.8. The lowest BCUT2D eigenvalue weighted by Crippen LogP contribution is -2.43. The summed E-state index contributed by atoms with van der Waals surface area (Å²) in [7, 11) is 0. The van der Waals surface area contributed by atoms with Crippen molar-refractivity contribution in [3.63, 3.8) is 0 Å². The molecule has 1 saturated heterocycles. The van der Waals surface area contributed by atoms with Crippen LogP contribution in [0.1, 0.15) is 48.7 Å². The van der Waals surface area contributed by atoms with Crippen molar-refractivity contribution in [2.45, 2.75) is 45.6 Å². The number of carbonyl (C=O) groups is 1. The number of hydrogen-bond acceptors (Lipinski definition) is 2. The van der Waals surface area contributed by atoms with Crippen LogP contribution in [0.25, 0.3) is 5.69 Å². The fourth-order valence-electron chi connectivity index (χ4n) is 3.31. The van der Waals surface area contributed by atoms with Gasteiger partial charge in [-0.05, 0) is 56.9 Å². The van der Waals surface area contributed by atoms with Crippen LogP contribution >= 0.6 is 0 Å². The average molecular weight is 315 g/mol. The molecule has 0 saturated carbocycles. The Morgan fingerprint density at radius 1 is 1.30 bits per heavy atom. The van der Waals surface area contributed by atoms with Gasteiger partial charge in [-0.3, -0.25) is 4.79 Å². The highest BCUT2D eigenvalue weighted by molar-refractivity contribution is 5.95. The lowest BCUT2D eigenvalue weighted by Gasteiger charge is -2.35. The SMILES string of the molecule is CCC1CCCCN1C(=O)c1cnn(-c2ccc(F)cc2)c1C. The number of benzene rings is 1. The molecule has 4 nitrogen and oxygen atoms in total. The molecule has 0 aliphatic carbocycles. The van der Waals surface area contributed by atoms with E-state index in [0.717, 1.165) is 37.2 Å². The Bertz CT molecular complexity index is 693. The highest BCUT2D eigenvalue weighted by Crippen LogP contribution is 2.23. The van der Waals surface area contributed by atoms with Gasteiger partial charge < -0.3 is 4.90 Å². The van der Waals surface area contributed by atoms with Gasteiger partial charge in [-0.25, -0.2) is 9.07 Å². The van der Waals surface area contributed by atoms with Crippen LogP contribution in [0.5, 0.6) is 0 Å². The molecule has 1 aliphatic rings. The predicted octanol–water partition coefficient (Wildman–Crippen LogP) is 3.72. The van der Waals surface area contributed by atoms with Crippen LogP contribution < -0.4 is 0 Å². The monoisotopic (exact) mass is 315 g/mol. The summed E-state index contributed by atoms with van der Waals surface area (Å²) in [6.45, 7) is 4.83. The minimum Gasteiger partial charge on any atom is -0.336 e. The molecule has 3 rings (SSSR count). The van der Waals surface area contributed by atoms with Gasteiger partial charge in [-0.1, -0.05) is 6.92 Å². The van der Waals surface area contributed by atoms with Crippen molar-refractivity contribution in [2.75, 3.05) is 6.54 Å². The van der Waals surface area contributed by atoms with Crippen LogP contribution in [0.3, 0.4) is 0 Å². The van der Waals surface area contributed by atoms with Crippen molar-refractivity contribution in [3.05, 3.63) is 47.5 Å². The van der Waals surface area contributed by atoms with Crippen LogP contribution in [0.2, 0.25) is 0 Å². The third-order valence-electron chi connectivity index (χ3n) is 4.67. The van der Waals surface area contributed by atoms with Crippen molar-refractivity contribution in [2.24, 2.45) is 0 Å². The van der Waals surface area contributed by atoms with E-state index in [4.69, 9.17) is 0 Å². The lowest BCUT2D eigenvalue weighted by atomic mass is 9.99. The number of rotatable bonds is 3. The molecule has 0 bridgehead atoms. The van der Waals surface area contributed by atoms with Crippen molar-refractivity contribution in [1.82, 2.24) is 14.7 Å². The Hall–Kier alpha value is -2.17. The van der Waals surface area contributed by atoms with Crippen molar-refractivity contribution >= 4 is 5.91 Å². The van der Waals surface area contributed by atoms with E-state index in [-0.39, 0.29) is 11.7 Å². The molecule has 1 atom stereocenters. The van der Waals surface area contributed by atoms with Crippen molar-refractivity contribution in [1.29, 1.82) is 0 Å². The summed E-state index contributed by atoms with van der Waals surface area (Å²) in [5.41, 5.74) is 2.19. The zero-order valence-electron chi connectivity index (χ0n) is 13.6. The number of hydrogen-bond donors (Lipinski definition) is 0. The Balaban J connectivity index is 1.89. The number of likely N-dealkylation sites (tertiary alicyclic amines) is 1. The predicted molar refractivity (Wildman–Crippen MR) is 87.2 cm³/mol. The molecular formula is C18H22FN3O. The van der Waals surface area contributed by atoms with Gasteiger partial charge in [0.25, 0.3) is 5.91 Å². The molecule has 2 heterocycles. The molecule has 1 amide bonds. The Morgan fingerprint density at radius 2 is 2.04 bits per heavy atom. The van der Waals surface area contributed by atoms with Crippen LogP contribution in [-0.4, -0.2) is 33.2 Å². The van der Waals surface area contributed by atoms with Gasteiger partial charge in [0.1, 0.15) is 5.82 Å². The van der Waals surface area contributed by atoms with Gasteiger partial charge in [0.2, 0.25) is 0 Å². The molecule has 5 heteroatoms. The van der Waals surface area contributed by atoms with Crippen LogP contribution in [0, 0.1) is 12.7 Å². The van der Waals surface area contributed by atoms with E-state index in [9.17, 15) is 9.18 Å². The van der Waals surface area contributed by atoms with Gasteiger partial charge in [0, 0.05) is 12.6 Å². The third-order valence-corrected chi connectivity index (χ3v) is 4.67. The maximum absolute atomic E-state index is 13.1. The van der Waals surface area contributed by atoms with E-state index in [1.54, 1.807) is 23.0 Å². The molecule has 1 fully saturated rings. The molecule has 1 aliphatic heterocycles. The zero-order valence-corrected chi connectivity index (χ0v) is 13.6. The minimum absolute atomic E-state index is 0.0578. The smallest absolute Gasteiger partial charge is 0.257 e. The fraction of sp³-hybridized carbons (Fsp3) is 0.444. The quantitative estimate of drug-likeness (QED) is 0.865. The number of aromatic nitrogens is 2. The molecule has 0 spiro atoms. The first-order valence-corrected chi connectivity index (χ1v) is 8.23. The Labute approximate surface area is 135 Å². The van der Waals surface area contributed by atoms with Crippen molar-refractivity contribution in [3.8, 4) is 5.69 Å². The first-order chi connectivity index (χ1) is 11.1. The normalized spacial score (nSPS) is 18.2. The summed E-state index contributed by atoms with van der Waals surface area (Å²) in [6, 6.07) is 6.45. The maximum Gasteiger partial charge on any atom is 0.257 e. The number of piperidine rings is 1. The van der Waals surface area contributed by atoms with E-state index in [1.807, 2.05) is 11.8 Å². The van der Waals surface area contributed by atoms with Crippen molar-refractivity contribution < 1.29 is 9.18 Å². The molecule has 23 heavy (non-hydrogen) atoms. The topological polar surface area (TPSA) is 38.1 Å². The summed E-state index contributed by atoms with van der Waals surface area (Å²) in [6.07, 6.45) is 5.94. The van der Waals surface area contributed by atoms with Gasteiger partial charge >= 0.3 is 0 Å². The molecule has 122 valence electrons. The van der Waals surface area contributed by atoms with Gasteiger partial charge in [-0.15, -0.1) is 0 Å². The highest BCUT2D eigenvalue weighted by Gasteiger charge is 2.28. The second-order valence-electron chi connectivity index (χ2n) is 6.09. The van der Waals surface area contributed by atoms with Gasteiger partial charge in [0.05, 0.1) is 23.1 Å². The lowest BCUT2D eigenvalue weighted by molar-refractivity contribution is 0.0607. The minimum atomic E-state index is -0.283. The highest BCUT2D eigenvalue weighted by atomic mass is 19.1. The first kappa shape index (κ1) is 15.7. The second kappa shape index (κ2) is 6.52. The van der Waals surface area contributed by atoms with E-state index in [2.05, 4.69) is 12.0 Å². The van der Waals surface area contributed by atoms with Crippen LogP contribution in [0.4, 0.5) is 4.39 Å². The number of carbonyl (C=O) groups excluding carboxylic acids is 1. The summed E-state index contributed by atoms with van der Waals surface area (Å²) in [5.74, 6) is -0.226. The number of halogens is 1. The van der Waals surface area contributed by atoms with E-state index >= 15 is 0 Å². The van der Waals surface area contributed by atoms with Crippen LogP contribution in [-0.2, 0) is 0 Å². The summed E-state index contributed by atoms with van der Waals surface area (Å²) in [4.78, 5) is 14.9. The Kier molecular flexibility index (Phi) is 4.46. The largest absolute Gasteiger partial charge is 0.336 e. The molecule has 2 aromatic rings. The summed E-state index contributed by atoms with van der Waals surface area (Å²) in [5, 5.41) is 4.33. The second-order valence-corrected chi connectivity index (χ2v) is 6.09. The Morgan fingerprint density at radius 3 is 2.74 bits per heavy atom. The molecular weight excluding hydrogens is 293 g/mol. The standard InChI is InChI=1S/C18H22FN3O/c1-3-15-6-4-5-11-21(15)18(23)17-12-20-22(13(17)2)16-9-7-14(19)8-10-16/h7-10,12,15H,3-6,11H2,1-2H3. The van der Waals surface area contributed by atoms with Crippen LogP contribution in [0.15, 0.2) is 30.5 Å². The van der Waals surface area contributed by atoms with E-state index < -0.39 is 0 Å². The van der Waals surface area contributed by atoms with E-state index in [1.165, 1.54) is 18.6 Å². The molecule has 1 aromatic carbocycles. The first-order valence-electron chi connectivity index (χ1n) is 8.23. The average Bonchev–Trinajstić information content (AvgIpc) is 2.96. The molecule has 0 radical (unpaired) electrons. The molecule has 0 N–H and O–H groups in total. The zero-order chi connectivity index (χ0) is 16.4. The third kappa shape index (κ3) is 3.00. The fourth-order valence-corrected chi connectivity index (χ4v) is 3.31.